The van der Waals surface area contributed by atoms with Crippen molar-refractivity contribution in [3.8, 4) is 0 Å². The minimum Gasteiger partial charge on any atom is -0.374 e. The molecule has 2 aromatic carbocycles. The van der Waals surface area contributed by atoms with E-state index in [0.717, 1.165) is 17.7 Å². The van der Waals surface area contributed by atoms with E-state index in [2.05, 4.69) is 5.32 Å². The molecule has 1 saturated heterocycles. The van der Waals surface area contributed by atoms with E-state index in [9.17, 15) is 17.6 Å². The first-order chi connectivity index (χ1) is 14.9. The molecule has 31 heavy (non-hydrogen) atoms. The SMILES string of the molecule is CC(OCCCNC(=O)C1CCCN(S(=O)(=O)c2ccc(F)cc2)C1)c1ccccc1. The van der Waals surface area contributed by atoms with Gasteiger partial charge >= 0.3 is 0 Å². The van der Waals surface area contributed by atoms with Crippen LogP contribution in [-0.2, 0) is 19.6 Å². The van der Waals surface area contributed by atoms with Gasteiger partial charge < -0.3 is 10.1 Å². The van der Waals surface area contributed by atoms with E-state index in [1.807, 2.05) is 37.3 Å². The molecule has 1 fully saturated rings. The molecule has 1 heterocycles. The monoisotopic (exact) mass is 448 g/mol. The Morgan fingerprint density at radius 2 is 1.90 bits per heavy atom. The lowest BCUT2D eigenvalue weighted by Crippen LogP contribution is -2.45. The molecule has 1 amide bonds. The molecule has 2 aromatic rings. The molecule has 0 aliphatic carbocycles. The van der Waals surface area contributed by atoms with Crippen LogP contribution in [0.25, 0.3) is 0 Å². The summed E-state index contributed by atoms with van der Waals surface area (Å²) >= 11 is 0. The summed E-state index contributed by atoms with van der Waals surface area (Å²) in [6.45, 7) is 3.47. The fraction of sp³-hybridized carbons (Fsp3) is 0.435. The molecular weight excluding hydrogens is 419 g/mol. The number of amides is 1. The van der Waals surface area contributed by atoms with Gasteiger partial charge in [0.1, 0.15) is 5.82 Å². The van der Waals surface area contributed by atoms with Crippen LogP contribution in [0.4, 0.5) is 4.39 Å². The molecule has 1 N–H and O–H groups in total. The van der Waals surface area contributed by atoms with Crippen molar-refractivity contribution in [3.63, 3.8) is 0 Å². The first-order valence-electron chi connectivity index (χ1n) is 10.6. The smallest absolute Gasteiger partial charge is 0.243 e. The van der Waals surface area contributed by atoms with E-state index < -0.39 is 21.8 Å². The Hall–Kier alpha value is -2.29. The van der Waals surface area contributed by atoms with Gasteiger partial charge in [0.2, 0.25) is 15.9 Å². The molecule has 0 bridgehead atoms. The van der Waals surface area contributed by atoms with Crippen LogP contribution in [0.1, 0.15) is 37.9 Å². The van der Waals surface area contributed by atoms with Crippen molar-refractivity contribution < 1.29 is 22.3 Å². The number of benzene rings is 2. The summed E-state index contributed by atoms with van der Waals surface area (Å²) in [5.41, 5.74) is 1.11. The van der Waals surface area contributed by atoms with E-state index >= 15 is 0 Å². The molecule has 0 saturated carbocycles. The Morgan fingerprint density at radius 1 is 1.19 bits per heavy atom. The highest BCUT2D eigenvalue weighted by atomic mass is 32.2. The first kappa shape index (κ1) is 23.4. The number of nitrogens with one attached hydrogen (secondary N) is 1. The largest absolute Gasteiger partial charge is 0.374 e. The average Bonchev–Trinajstić information content (AvgIpc) is 2.79. The minimum absolute atomic E-state index is 0.0135. The van der Waals surface area contributed by atoms with Gasteiger partial charge in [-0.05, 0) is 56.0 Å². The summed E-state index contributed by atoms with van der Waals surface area (Å²) in [6, 6.07) is 14.7. The van der Waals surface area contributed by atoms with Crippen molar-refractivity contribution in [1.82, 2.24) is 9.62 Å². The van der Waals surface area contributed by atoms with E-state index in [1.54, 1.807) is 0 Å². The fourth-order valence-electron chi connectivity index (χ4n) is 3.64. The normalized spacial score (nSPS) is 18.5. The maximum absolute atomic E-state index is 13.1. The molecule has 168 valence electrons. The van der Waals surface area contributed by atoms with Crippen molar-refractivity contribution >= 4 is 15.9 Å². The van der Waals surface area contributed by atoms with E-state index in [1.165, 1.54) is 16.4 Å². The van der Waals surface area contributed by atoms with Crippen molar-refractivity contribution in [2.24, 2.45) is 5.92 Å². The molecule has 0 radical (unpaired) electrons. The zero-order valence-corrected chi connectivity index (χ0v) is 18.5. The van der Waals surface area contributed by atoms with Gasteiger partial charge in [-0.3, -0.25) is 4.79 Å². The third kappa shape index (κ3) is 6.35. The van der Waals surface area contributed by atoms with Gasteiger partial charge in [-0.2, -0.15) is 4.31 Å². The number of halogens is 1. The van der Waals surface area contributed by atoms with Crippen LogP contribution >= 0.6 is 0 Å². The second kappa shape index (κ2) is 10.8. The van der Waals surface area contributed by atoms with Crippen LogP contribution in [0.3, 0.4) is 0 Å². The topological polar surface area (TPSA) is 75.7 Å². The highest BCUT2D eigenvalue weighted by Crippen LogP contribution is 2.24. The highest BCUT2D eigenvalue weighted by Gasteiger charge is 2.33. The molecular formula is C23H29FN2O4S. The molecule has 0 aromatic heterocycles. The van der Waals surface area contributed by atoms with Crippen molar-refractivity contribution in [3.05, 3.63) is 66.0 Å². The predicted octanol–water partition coefficient (Wildman–Crippen LogP) is 3.51. The van der Waals surface area contributed by atoms with Gasteiger partial charge in [-0.25, -0.2) is 12.8 Å². The summed E-state index contributed by atoms with van der Waals surface area (Å²) in [4.78, 5) is 12.6. The molecule has 2 unspecified atom stereocenters. The van der Waals surface area contributed by atoms with Gasteiger partial charge in [0.05, 0.1) is 16.9 Å². The van der Waals surface area contributed by atoms with Crippen molar-refractivity contribution in [2.75, 3.05) is 26.2 Å². The van der Waals surface area contributed by atoms with Crippen LogP contribution in [-0.4, -0.2) is 44.9 Å². The lowest BCUT2D eigenvalue weighted by molar-refractivity contribution is -0.126. The Kier molecular flexibility index (Phi) is 8.17. The van der Waals surface area contributed by atoms with E-state index in [0.29, 0.717) is 39.0 Å². The number of rotatable bonds is 9. The Labute approximate surface area is 183 Å². The van der Waals surface area contributed by atoms with Crippen LogP contribution in [0.15, 0.2) is 59.5 Å². The minimum atomic E-state index is -3.74. The number of nitrogens with zero attached hydrogens (tertiary/aromatic N) is 1. The summed E-state index contributed by atoms with van der Waals surface area (Å²) < 4.78 is 45.8. The van der Waals surface area contributed by atoms with Crippen molar-refractivity contribution in [2.45, 2.75) is 37.2 Å². The van der Waals surface area contributed by atoms with Gasteiger partial charge in [0.15, 0.2) is 0 Å². The average molecular weight is 449 g/mol. The quantitative estimate of drug-likeness (QED) is 0.596. The third-order valence-electron chi connectivity index (χ3n) is 5.46. The zero-order valence-electron chi connectivity index (χ0n) is 17.7. The number of piperidine rings is 1. The summed E-state index contributed by atoms with van der Waals surface area (Å²) in [5, 5.41) is 2.90. The maximum Gasteiger partial charge on any atom is 0.243 e. The van der Waals surface area contributed by atoms with E-state index in [-0.39, 0.29) is 23.5 Å². The van der Waals surface area contributed by atoms with Gasteiger partial charge in [0.25, 0.3) is 0 Å². The zero-order chi connectivity index (χ0) is 22.3. The molecule has 6 nitrogen and oxygen atoms in total. The Balaban J connectivity index is 1.43. The highest BCUT2D eigenvalue weighted by molar-refractivity contribution is 7.89. The molecule has 0 spiro atoms. The summed E-state index contributed by atoms with van der Waals surface area (Å²) in [7, 11) is -3.74. The van der Waals surface area contributed by atoms with Crippen LogP contribution in [0.5, 0.6) is 0 Å². The number of ether oxygens (including phenoxy) is 1. The number of carbonyl (C=O) groups is 1. The standard InChI is InChI=1S/C23H29FN2O4S/c1-18(19-7-3-2-4-8-19)30-16-6-14-25-23(27)20-9-5-15-26(17-20)31(28,29)22-12-10-21(24)11-13-22/h2-4,7-8,10-13,18,20H,5-6,9,14-17H2,1H3,(H,25,27). The summed E-state index contributed by atoms with van der Waals surface area (Å²) in [5.74, 6) is -1.03. The molecule has 8 heteroatoms. The lowest BCUT2D eigenvalue weighted by atomic mass is 9.99. The molecule has 1 aliphatic rings. The van der Waals surface area contributed by atoms with Crippen LogP contribution < -0.4 is 5.32 Å². The second-order valence-electron chi connectivity index (χ2n) is 7.72. The van der Waals surface area contributed by atoms with Crippen molar-refractivity contribution in [1.29, 1.82) is 0 Å². The Bertz CT molecular complexity index is 951. The third-order valence-corrected chi connectivity index (χ3v) is 7.34. The number of carbonyl (C=O) groups excluding carboxylic acids is 1. The van der Waals surface area contributed by atoms with Gasteiger partial charge in [0, 0.05) is 26.2 Å². The van der Waals surface area contributed by atoms with E-state index in [4.69, 9.17) is 4.74 Å². The maximum atomic E-state index is 13.1. The Morgan fingerprint density at radius 3 is 2.61 bits per heavy atom. The van der Waals surface area contributed by atoms with Gasteiger partial charge in [-0.15, -0.1) is 0 Å². The predicted molar refractivity (Wildman–Crippen MR) is 116 cm³/mol. The number of hydrogen-bond donors (Lipinski definition) is 1. The number of hydrogen-bond acceptors (Lipinski definition) is 4. The molecule has 1 aliphatic heterocycles. The lowest BCUT2D eigenvalue weighted by Gasteiger charge is -2.31. The van der Waals surface area contributed by atoms with Crippen LogP contribution in [0.2, 0.25) is 0 Å². The summed E-state index contributed by atoms with van der Waals surface area (Å²) in [6.07, 6.45) is 1.91. The molecule has 3 rings (SSSR count). The van der Waals surface area contributed by atoms with Gasteiger partial charge in [-0.1, -0.05) is 30.3 Å². The number of sulfonamides is 1. The van der Waals surface area contributed by atoms with Crippen LogP contribution in [0, 0.1) is 11.7 Å². The fourth-order valence-corrected chi connectivity index (χ4v) is 5.16. The molecule has 2 atom stereocenters. The first-order valence-corrected chi connectivity index (χ1v) is 12.0. The second-order valence-corrected chi connectivity index (χ2v) is 9.66.